The number of nitrogens with zero attached hydrogens (tertiary/aromatic N) is 2. The van der Waals surface area contributed by atoms with Gasteiger partial charge in [0.1, 0.15) is 0 Å². The number of aromatic nitrogens is 2. The van der Waals surface area contributed by atoms with Gasteiger partial charge in [0.05, 0.1) is 5.25 Å². The van der Waals surface area contributed by atoms with Crippen molar-refractivity contribution in [1.82, 2.24) is 9.97 Å². The Bertz CT molecular complexity index is 486. The van der Waals surface area contributed by atoms with Gasteiger partial charge < -0.3 is 5.11 Å². The third kappa shape index (κ3) is 3.23. The first-order chi connectivity index (χ1) is 7.85. The van der Waals surface area contributed by atoms with E-state index in [1.54, 1.807) is 6.92 Å². The summed E-state index contributed by atoms with van der Waals surface area (Å²) in [6.07, 6.45) is 2.48. The Morgan fingerprint density at radius 1 is 1.35 bits per heavy atom. The highest BCUT2D eigenvalue weighted by atomic mass is 32.2. The minimum Gasteiger partial charge on any atom is -0.481 e. The Hall–Kier alpha value is -1.50. The van der Waals surface area contributed by atoms with Crippen molar-refractivity contribution in [1.29, 1.82) is 0 Å². The van der Waals surface area contributed by atoms with Crippen LogP contribution in [0.25, 0.3) is 0 Å². The van der Waals surface area contributed by atoms with Gasteiger partial charge in [-0.3, -0.25) is 4.79 Å². The van der Waals surface area contributed by atoms with Crippen molar-refractivity contribution < 1.29 is 18.3 Å². The molecule has 0 radical (unpaired) electrons. The van der Waals surface area contributed by atoms with Crippen LogP contribution in [0, 0.1) is 5.92 Å². The molecule has 0 unspecified atom stereocenters. The Morgan fingerprint density at radius 3 is 2.35 bits per heavy atom. The second-order valence-electron chi connectivity index (χ2n) is 3.86. The molecular weight excluding hydrogens is 244 g/mol. The summed E-state index contributed by atoms with van der Waals surface area (Å²) < 4.78 is 24.1. The van der Waals surface area contributed by atoms with Crippen LogP contribution in [0.15, 0.2) is 23.6 Å². The lowest BCUT2D eigenvalue weighted by molar-refractivity contribution is -0.137. The molecule has 0 amide bonds. The maximum absolute atomic E-state index is 12.0. The number of carboxylic acids is 1. The maximum Gasteiger partial charge on any atom is 0.303 e. The van der Waals surface area contributed by atoms with E-state index in [1.807, 2.05) is 0 Å². The molecule has 6 nitrogen and oxygen atoms in total. The summed E-state index contributed by atoms with van der Waals surface area (Å²) in [7, 11) is -3.67. The Kier molecular flexibility index (Phi) is 4.17. The molecule has 1 aromatic rings. The van der Waals surface area contributed by atoms with E-state index < -0.39 is 27.0 Å². The molecule has 94 valence electrons. The topological polar surface area (TPSA) is 97.2 Å². The number of rotatable bonds is 5. The summed E-state index contributed by atoms with van der Waals surface area (Å²) in [5.74, 6) is -1.52. The minimum absolute atomic E-state index is 0.201. The fourth-order valence-corrected chi connectivity index (χ4v) is 2.80. The molecule has 0 aliphatic heterocycles. The van der Waals surface area contributed by atoms with Crippen LogP contribution in [-0.4, -0.2) is 34.7 Å². The summed E-state index contributed by atoms with van der Waals surface area (Å²) in [5.41, 5.74) is 0. The molecule has 0 bridgehead atoms. The van der Waals surface area contributed by atoms with Gasteiger partial charge in [-0.25, -0.2) is 18.4 Å². The number of carboxylic acid groups (broad SMARTS) is 1. The predicted molar refractivity (Wildman–Crippen MR) is 60.1 cm³/mol. The molecule has 1 N–H and O–H groups in total. The van der Waals surface area contributed by atoms with Crippen molar-refractivity contribution in [3.05, 3.63) is 18.5 Å². The van der Waals surface area contributed by atoms with Crippen molar-refractivity contribution in [2.24, 2.45) is 5.92 Å². The SMILES string of the molecule is C[C@H](CC(=O)O)[C@H](C)S(=O)(=O)c1ncccn1. The molecule has 7 heteroatoms. The quantitative estimate of drug-likeness (QED) is 0.783. The van der Waals surface area contributed by atoms with E-state index in [-0.39, 0.29) is 11.6 Å². The average Bonchev–Trinajstić information content (AvgIpc) is 2.28. The highest BCUT2D eigenvalue weighted by molar-refractivity contribution is 7.91. The van der Waals surface area contributed by atoms with Gasteiger partial charge in [0.25, 0.3) is 0 Å². The van der Waals surface area contributed by atoms with Gasteiger partial charge in [-0.05, 0) is 18.9 Å². The molecule has 17 heavy (non-hydrogen) atoms. The highest BCUT2D eigenvalue weighted by Gasteiger charge is 2.31. The van der Waals surface area contributed by atoms with Crippen LogP contribution < -0.4 is 0 Å². The van der Waals surface area contributed by atoms with Crippen LogP contribution in [0.4, 0.5) is 0 Å². The van der Waals surface area contributed by atoms with Gasteiger partial charge in [-0.15, -0.1) is 0 Å². The van der Waals surface area contributed by atoms with Crippen LogP contribution >= 0.6 is 0 Å². The molecule has 0 aliphatic rings. The summed E-state index contributed by atoms with van der Waals surface area (Å²) in [6.45, 7) is 3.05. The lowest BCUT2D eigenvalue weighted by Gasteiger charge is -2.17. The van der Waals surface area contributed by atoms with Crippen molar-refractivity contribution >= 4 is 15.8 Å². The summed E-state index contributed by atoms with van der Waals surface area (Å²) in [6, 6.07) is 1.52. The van der Waals surface area contributed by atoms with Crippen LogP contribution in [0.5, 0.6) is 0 Å². The fourth-order valence-electron chi connectivity index (χ4n) is 1.35. The summed E-state index contributed by atoms with van der Waals surface area (Å²) >= 11 is 0. The van der Waals surface area contributed by atoms with Crippen LogP contribution in [0.3, 0.4) is 0 Å². The lowest BCUT2D eigenvalue weighted by Crippen LogP contribution is -2.28. The van der Waals surface area contributed by atoms with Crippen LogP contribution in [0.1, 0.15) is 20.3 Å². The largest absolute Gasteiger partial charge is 0.481 e. The molecular formula is C10H14N2O4S. The van der Waals surface area contributed by atoms with E-state index in [4.69, 9.17) is 5.11 Å². The summed E-state index contributed by atoms with van der Waals surface area (Å²) in [5, 5.41) is 7.55. The van der Waals surface area contributed by atoms with Crippen LogP contribution in [-0.2, 0) is 14.6 Å². The molecule has 0 fully saturated rings. The number of carbonyl (C=O) groups is 1. The number of hydrogen-bond donors (Lipinski definition) is 1. The van der Waals surface area contributed by atoms with Crippen molar-refractivity contribution in [2.45, 2.75) is 30.7 Å². The highest BCUT2D eigenvalue weighted by Crippen LogP contribution is 2.20. The Balaban J connectivity index is 2.95. The average molecular weight is 258 g/mol. The second kappa shape index (κ2) is 5.22. The number of hydrogen-bond acceptors (Lipinski definition) is 5. The number of aliphatic carboxylic acids is 1. The first-order valence-electron chi connectivity index (χ1n) is 5.08. The van der Waals surface area contributed by atoms with E-state index in [1.165, 1.54) is 25.4 Å². The van der Waals surface area contributed by atoms with Gasteiger partial charge in [-0.1, -0.05) is 6.92 Å². The lowest BCUT2D eigenvalue weighted by atomic mass is 10.1. The molecule has 0 saturated carbocycles. The third-order valence-electron chi connectivity index (χ3n) is 2.58. The first kappa shape index (κ1) is 13.6. The Labute approximate surface area is 99.6 Å². The number of sulfone groups is 1. The zero-order chi connectivity index (χ0) is 13.1. The molecule has 0 saturated heterocycles. The van der Waals surface area contributed by atoms with Crippen molar-refractivity contribution in [3.63, 3.8) is 0 Å². The van der Waals surface area contributed by atoms with Gasteiger partial charge in [0, 0.05) is 18.8 Å². The van der Waals surface area contributed by atoms with E-state index in [0.29, 0.717) is 0 Å². The monoisotopic (exact) mass is 258 g/mol. The molecule has 0 spiro atoms. The van der Waals surface area contributed by atoms with E-state index in [2.05, 4.69) is 9.97 Å². The third-order valence-corrected chi connectivity index (χ3v) is 4.75. The van der Waals surface area contributed by atoms with Crippen LogP contribution in [0.2, 0.25) is 0 Å². The van der Waals surface area contributed by atoms with Gasteiger partial charge in [0.2, 0.25) is 15.0 Å². The summed E-state index contributed by atoms with van der Waals surface area (Å²) in [4.78, 5) is 17.9. The van der Waals surface area contributed by atoms with Gasteiger partial charge in [0.15, 0.2) is 0 Å². The zero-order valence-corrected chi connectivity index (χ0v) is 10.4. The predicted octanol–water partition coefficient (Wildman–Crippen LogP) is 0.750. The Morgan fingerprint density at radius 2 is 1.88 bits per heavy atom. The second-order valence-corrected chi connectivity index (χ2v) is 6.06. The van der Waals surface area contributed by atoms with Gasteiger partial charge in [-0.2, -0.15) is 0 Å². The zero-order valence-electron chi connectivity index (χ0n) is 9.57. The molecule has 2 atom stereocenters. The van der Waals surface area contributed by atoms with Crippen molar-refractivity contribution in [3.8, 4) is 0 Å². The fraction of sp³-hybridized carbons (Fsp3) is 0.500. The van der Waals surface area contributed by atoms with E-state index in [0.717, 1.165) is 0 Å². The molecule has 0 aromatic carbocycles. The molecule has 1 heterocycles. The smallest absolute Gasteiger partial charge is 0.303 e. The maximum atomic E-state index is 12.0. The molecule has 1 aromatic heterocycles. The normalized spacial score (nSPS) is 15.2. The minimum atomic E-state index is -3.67. The standard InChI is InChI=1S/C10H14N2O4S/c1-7(6-9(13)14)8(2)17(15,16)10-11-4-3-5-12-10/h3-5,7-8H,6H2,1-2H3,(H,13,14)/t7-,8+/m1/s1. The first-order valence-corrected chi connectivity index (χ1v) is 6.63. The van der Waals surface area contributed by atoms with Gasteiger partial charge >= 0.3 is 5.97 Å². The van der Waals surface area contributed by atoms with Crippen molar-refractivity contribution in [2.75, 3.05) is 0 Å². The molecule has 0 aliphatic carbocycles. The van der Waals surface area contributed by atoms with E-state index in [9.17, 15) is 13.2 Å². The molecule has 1 rings (SSSR count). The van der Waals surface area contributed by atoms with E-state index >= 15 is 0 Å².